The van der Waals surface area contributed by atoms with E-state index in [1.807, 2.05) is 13.8 Å². The largest absolute Gasteiger partial charge is 0.308 e. The van der Waals surface area contributed by atoms with Gasteiger partial charge in [-0.25, -0.2) is 0 Å². The Morgan fingerprint density at radius 1 is 1.13 bits per heavy atom. The number of hydrogen-bond acceptors (Lipinski definition) is 3. The standard InChI is InChI=1S/C18H17N3OS/c1-10-15-16(23-11(2)18(22)19-17(15)21-20-10)14-9-5-7-12-6-3-4-8-13(12)14/h3-9,11,16H,1-2H3,(H2,19,20,21,22)/t11-,16-/m0/s1. The van der Waals surface area contributed by atoms with Crippen molar-refractivity contribution in [2.24, 2.45) is 0 Å². The average Bonchev–Trinajstić information content (AvgIpc) is 2.86. The Labute approximate surface area is 138 Å². The Morgan fingerprint density at radius 2 is 1.91 bits per heavy atom. The summed E-state index contributed by atoms with van der Waals surface area (Å²) < 4.78 is 0. The van der Waals surface area contributed by atoms with Crippen molar-refractivity contribution in [2.75, 3.05) is 5.32 Å². The lowest BCUT2D eigenvalue weighted by atomic mass is 9.98. The third-order valence-electron chi connectivity index (χ3n) is 4.31. The second-order valence-corrected chi connectivity index (χ2v) is 7.28. The minimum absolute atomic E-state index is 0.00508. The second-order valence-electron chi connectivity index (χ2n) is 5.83. The van der Waals surface area contributed by atoms with E-state index >= 15 is 0 Å². The summed E-state index contributed by atoms with van der Waals surface area (Å²) in [6.45, 7) is 3.95. The molecule has 0 unspecified atom stereocenters. The highest BCUT2D eigenvalue weighted by Crippen LogP contribution is 2.46. The molecule has 4 nitrogen and oxygen atoms in total. The predicted molar refractivity (Wildman–Crippen MR) is 94.8 cm³/mol. The van der Waals surface area contributed by atoms with Crippen LogP contribution in [-0.2, 0) is 4.79 Å². The van der Waals surface area contributed by atoms with Gasteiger partial charge in [-0.2, -0.15) is 5.10 Å². The number of thioether (sulfide) groups is 1. The fraction of sp³-hybridized carbons (Fsp3) is 0.222. The first-order valence-electron chi connectivity index (χ1n) is 7.64. The summed E-state index contributed by atoms with van der Waals surface area (Å²) in [5, 5.41) is 12.6. The molecule has 2 N–H and O–H groups in total. The fourth-order valence-corrected chi connectivity index (χ4v) is 4.48. The Morgan fingerprint density at radius 3 is 2.78 bits per heavy atom. The van der Waals surface area contributed by atoms with E-state index in [0.29, 0.717) is 5.82 Å². The average molecular weight is 323 g/mol. The van der Waals surface area contributed by atoms with E-state index in [4.69, 9.17) is 0 Å². The number of anilines is 1. The van der Waals surface area contributed by atoms with Crippen LogP contribution in [0, 0.1) is 6.92 Å². The number of aryl methyl sites for hydroxylation is 1. The molecule has 116 valence electrons. The molecule has 0 bridgehead atoms. The topological polar surface area (TPSA) is 57.8 Å². The number of amides is 1. The van der Waals surface area contributed by atoms with Crippen molar-refractivity contribution in [3.63, 3.8) is 0 Å². The molecule has 0 spiro atoms. The zero-order chi connectivity index (χ0) is 16.0. The number of fused-ring (bicyclic) bond motifs is 2. The summed E-state index contributed by atoms with van der Waals surface area (Å²) in [6, 6.07) is 14.7. The van der Waals surface area contributed by atoms with Gasteiger partial charge in [-0.15, -0.1) is 11.8 Å². The first kappa shape index (κ1) is 14.3. The van der Waals surface area contributed by atoms with Crippen molar-refractivity contribution in [1.29, 1.82) is 0 Å². The van der Waals surface area contributed by atoms with E-state index in [-0.39, 0.29) is 16.4 Å². The number of nitrogens with zero attached hydrogens (tertiary/aromatic N) is 1. The number of H-pyrrole nitrogens is 1. The summed E-state index contributed by atoms with van der Waals surface area (Å²) in [4.78, 5) is 12.2. The summed E-state index contributed by atoms with van der Waals surface area (Å²) in [5.74, 6) is 0.660. The molecule has 2 atom stereocenters. The van der Waals surface area contributed by atoms with E-state index in [9.17, 15) is 4.79 Å². The van der Waals surface area contributed by atoms with Crippen LogP contribution in [-0.4, -0.2) is 21.4 Å². The molecule has 1 aromatic heterocycles. The Bertz CT molecular complexity index is 897. The third-order valence-corrected chi connectivity index (χ3v) is 5.70. The first-order chi connectivity index (χ1) is 11.1. The molecular weight excluding hydrogens is 306 g/mol. The first-order valence-corrected chi connectivity index (χ1v) is 8.58. The van der Waals surface area contributed by atoms with E-state index in [2.05, 4.69) is 58.0 Å². The molecule has 0 radical (unpaired) electrons. The summed E-state index contributed by atoms with van der Waals surface area (Å²) in [7, 11) is 0. The van der Waals surface area contributed by atoms with Crippen LogP contribution in [0.2, 0.25) is 0 Å². The van der Waals surface area contributed by atoms with Gasteiger partial charge in [0.15, 0.2) is 5.82 Å². The predicted octanol–water partition coefficient (Wildman–Crippen LogP) is 4.03. The SMILES string of the molecule is Cc1[nH]nc2c1[C@H](c1cccc3ccccc13)S[C@@H](C)C(=O)N2. The number of rotatable bonds is 1. The van der Waals surface area contributed by atoms with Crippen LogP contribution in [0.4, 0.5) is 5.82 Å². The normalized spacial score (nSPS) is 20.9. The van der Waals surface area contributed by atoms with Gasteiger partial charge in [0.05, 0.1) is 10.5 Å². The number of nitrogens with one attached hydrogen (secondary N) is 2. The Hall–Kier alpha value is -2.27. The monoisotopic (exact) mass is 323 g/mol. The minimum Gasteiger partial charge on any atom is -0.308 e. The van der Waals surface area contributed by atoms with Crippen LogP contribution in [0.5, 0.6) is 0 Å². The molecule has 1 amide bonds. The fourth-order valence-electron chi connectivity index (χ4n) is 3.11. The lowest BCUT2D eigenvalue weighted by molar-refractivity contribution is -0.115. The highest BCUT2D eigenvalue weighted by Gasteiger charge is 2.32. The highest BCUT2D eigenvalue weighted by molar-refractivity contribution is 8.01. The number of benzene rings is 2. The molecule has 0 saturated heterocycles. The number of carbonyl (C=O) groups is 1. The van der Waals surface area contributed by atoms with E-state index in [0.717, 1.165) is 11.3 Å². The van der Waals surface area contributed by atoms with Gasteiger partial charge in [-0.3, -0.25) is 9.89 Å². The van der Waals surface area contributed by atoms with Crippen molar-refractivity contribution in [1.82, 2.24) is 10.2 Å². The molecule has 5 heteroatoms. The van der Waals surface area contributed by atoms with Crippen molar-refractivity contribution in [2.45, 2.75) is 24.3 Å². The van der Waals surface area contributed by atoms with Gasteiger partial charge in [0, 0.05) is 11.3 Å². The quantitative estimate of drug-likeness (QED) is 0.711. The lowest BCUT2D eigenvalue weighted by Crippen LogP contribution is -2.21. The maximum atomic E-state index is 12.2. The second kappa shape index (κ2) is 5.42. The molecule has 2 aromatic carbocycles. The van der Waals surface area contributed by atoms with Crippen molar-refractivity contribution in [3.8, 4) is 0 Å². The molecule has 0 fully saturated rings. The number of carbonyl (C=O) groups excluding carboxylic acids is 1. The number of aromatic nitrogens is 2. The maximum Gasteiger partial charge on any atom is 0.238 e. The van der Waals surface area contributed by atoms with E-state index < -0.39 is 0 Å². The molecule has 3 aromatic rings. The molecule has 0 aliphatic carbocycles. The van der Waals surface area contributed by atoms with Gasteiger partial charge in [0.25, 0.3) is 0 Å². The van der Waals surface area contributed by atoms with Crippen LogP contribution >= 0.6 is 11.8 Å². The van der Waals surface area contributed by atoms with Gasteiger partial charge in [0.1, 0.15) is 0 Å². The van der Waals surface area contributed by atoms with Gasteiger partial charge in [-0.1, -0.05) is 42.5 Å². The van der Waals surface area contributed by atoms with Crippen molar-refractivity contribution < 1.29 is 4.79 Å². The van der Waals surface area contributed by atoms with Crippen LogP contribution in [0.1, 0.15) is 29.0 Å². The van der Waals surface area contributed by atoms with Gasteiger partial charge in [-0.05, 0) is 30.2 Å². The lowest BCUT2D eigenvalue weighted by Gasteiger charge is -2.19. The molecule has 2 heterocycles. The molecule has 0 saturated carbocycles. The Kier molecular flexibility index (Phi) is 3.38. The van der Waals surface area contributed by atoms with Crippen molar-refractivity contribution >= 4 is 34.3 Å². The van der Waals surface area contributed by atoms with Gasteiger partial charge < -0.3 is 5.32 Å². The van der Waals surface area contributed by atoms with Crippen LogP contribution in [0.3, 0.4) is 0 Å². The summed E-state index contributed by atoms with van der Waals surface area (Å²) in [5.41, 5.74) is 3.30. The van der Waals surface area contributed by atoms with Crippen LogP contribution in [0.25, 0.3) is 10.8 Å². The minimum atomic E-state index is -0.132. The maximum absolute atomic E-state index is 12.2. The van der Waals surface area contributed by atoms with Crippen LogP contribution in [0.15, 0.2) is 42.5 Å². The summed E-state index contributed by atoms with van der Waals surface area (Å²) in [6.07, 6.45) is 0. The van der Waals surface area contributed by atoms with Gasteiger partial charge >= 0.3 is 0 Å². The smallest absolute Gasteiger partial charge is 0.238 e. The van der Waals surface area contributed by atoms with Crippen molar-refractivity contribution in [3.05, 3.63) is 59.3 Å². The number of aromatic amines is 1. The molecular formula is C18H17N3OS. The molecule has 4 rings (SSSR count). The van der Waals surface area contributed by atoms with Gasteiger partial charge in [0.2, 0.25) is 5.91 Å². The molecule has 1 aliphatic heterocycles. The van der Waals surface area contributed by atoms with E-state index in [1.165, 1.54) is 16.3 Å². The highest BCUT2D eigenvalue weighted by atomic mass is 32.2. The summed E-state index contributed by atoms with van der Waals surface area (Å²) >= 11 is 1.67. The van der Waals surface area contributed by atoms with E-state index in [1.54, 1.807) is 11.8 Å². The molecule has 23 heavy (non-hydrogen) atoms. The zero-order valence-corrected chi connectivity index (χ0v) is 13.8. The number of hydrogen-bond donors (Lipinski definition) is 2. The molecule has 1 aliphatic rings. The zero-order valence-electron chi connectivity index (χ0n) is 13.0. The third kappa shape index (κ3) is 2.32. The Balaban J connectivity index is 1.96. The van der Waals surface area contributed by atoms with Crippen LogP contribution < -0.4 is 5.32 Å².